The van der Waals surface area contributed by atoms with Gasteiger partial charge in [-0.05, 0) is 12.1 Å². The van der Waals surface area contributed by atoms with E-state index < -0.39 is 42.9 Å². The van der Waals surface area contributed by atoms with Crippen LogP contribution >= 0.6 is 0 Å². The van der Waals surface area contributed by atoms with E-state index in [2.05, 4.69) is 0 Å². The summed E-state index contributed by atoms with van der Waals surface area (Å²) in [5.41, 5.74) is -0.315. The predicted octanol–water partition coefficient (Wildman–Crippen LogP) is -1.02. The fourth-order valence-electron chi connectivity index (χ4n) is 2.62. The lowest BCUT2D eigenvalue weighted by Crippen LogP contribution is -2.60. The molecule has 0 radical (unpaired) electrons. The first-order valence-corrected chi connectivity index (χ1v) is 7.53. The zero-order valence-corrected chi connectivity index (χ0v) is 13.2. The first-order chi connectivity index (χ1) is 11.9. The summed E-state index contributed by atoms with van der Waals surface area (Å²) < 4.78 is 21.1. The third kappa shape index (κ3) is 3.32. The van der Waals surface area contributed by atoms with Gasteiger partial charge in [-0.3, -0.25) is 0 Å². The van der Waals surface area contributed by atoms with Gasteiger partial charge in [0, 0.05) is 17.5 Å². The number of methoxy groups -OCH3 is 1. The van der Waals surface area contributed by atoms with Crippen molar-refractivity contribution in [1.82, 2.24) is 0 Å². The highest BCUT2D eigenvalue weighted by molar-refractivity contribution is 5.80. The third-order valence-corrected chi connectivity index (χ3v) is 4.00. The molecular weight excluding hydrogens is 336 g/mol. The summed E-state index contributed by atoms with van der Waals surface area (Å²) in [4.78, 5) is 11.4. The first-order valence-electron chi connectivity index (χ1n) is 7.53. The van der Waals surface area contributed by atoms with Gasteiger partial charge >= 0.3 is 5.63 Å². The Balaban J connectivity index is 1.94. The second kappa shape index (κ2) is 6.98. The molecule has 25 heavy (non-hydrogen) atoms. The van der Waals surface area contributed by atoms with Crippen LogP contribution in [0, 0.1) is 0 Å². The third-order valence-electron chi connectivity index (χ3n) is 4.00. The van der Waals surface area contributed by atoms with Crippen LogP contribution in [0.25, 0.3) is 11.0 Å². The van der Waals surface area contributed by atoms with Crippen molar-refractivity contribution in [3.8, 4) is 11.5 Å². The van der Waals surface area contributed by atoms with Crippen LogP contribution in [-0.2, 0) is 4.74 Å². The smallest absolute Gasteiger partial charge is 0.336 e. The summed E-state index contributed by atoms with van der Waals surface area (Å²) in [5.74, 6) is 0.368. The summed E-state index contributed by atoms with van der Waals surface area (Å²) >= 11 is 0. The van der Waals surface area contributed by atoms with E-state index in [0.29, 0.717) is 5.39 Å². The van der Waals surface area contributed by atoms with E-state index in [9.17, 15) is 25.2 Å². The van der Waals surface area contributed by atoms with E-state index in [4.69, 9.17) is 18.6 Å². The van der Waals surface area contributed by atoms with Gasteiger partial charge in [0.1, 0.15) is 30.0 Å². The molecule has 0 bridgehead atoms. The van der Waals surface area contributed by atoms with Gasteiger partial charge in [-0.2, -0.15) is 0 Å². The van der Waals surface area contributed by atoms with Crippen LogP contribution in [0.3, 0.4) is 0 Å². The number of aliphatic hydroxyl groups excluding tert-OH is 4. The summed E-state index contributed by atoms with van der Waals surface area (Å²) in [6, 6.07) is 5.77. The van der Waals surface area contributed by atoms with Crippen LogP contribution in [0.4, 0.5) is 0 Å². The molecule has 1 aliphatic rings. The summed E-state index contributed by atoms with van der Waals surface area (Å²) in [6.07, 6.45) is -7.11. The highest BCUT2D eigenvalue weighted by Gasteiger charge is 2.45. The number of aliphatic hydroxyl groups is 4. The Labute approximate surface area is 141 Å². The number of benzene rings is 1. The van der Waals surface area contributed by atoms with Crippen LogP contribution in [-0.4, -0.2) is 64.8 Å². The molecule has 0 unspecified atom stereocenters. The molecule has 136 valence electrons. The van der Waals surface area contributed by atoms with Gasteiger partial charge in [0.2, 0.25) is 6.29 Å². The van der Waals surface area contributed by atoms with E-state index in [1.165, 1.54) is 19.2 Å². The molecule has 9 heteroatoms. The quantitative estimate of drug-likeness (QED) is 0.508. The van der Waals surface area contributed by atoms with Crippen molar-refractivity contribution in [2.24, 2.45) is 0 Å². The van der Waals surface area contributed by atoms with E-state index >= 15 is 0 Å². The second-order valence-corrected chi connectivity index (χ2v) is 5.61. The number of hydrogen-bond donors (Lipinski definition) is 4. The van der Waals surface area contributed by atoms with Gasteiger partial charge in [0.05, 0.1) is 13.7 Å². The van der Waals surface area contributed by atoms with Crippen LogP contribution in [0.1, 0.15) is 0 Å². The minimum absolute atomic E-state index is 0.0914. The summed E-state index contributed by atoms with van der Waals surface area (Å²) in [6.45, 7) is -0.575. The molecule has 1 aromatic heterocycles. The van der Waals surface area contributed by atoms with Crippen molar-refractivity contribution in [2.45, 2.75) is 30.7 Å². The molecule has 3 rings (SSSR count). The molecule has 4 N–H and O–H groups in total. The average molecular weight is 354 g/mol. The van der Waals surface area contributed by atoms with Crippen molar-refractivity contribution in [3.63, 3.8) is 0 Å². The largest absolute Gasteiger partial charge is 0.493 e. The van der Waals surface area contributed by atoms with Crippen LogP contribution in [0.5, 0.6) is 11.5 Å². The van der Waals surface area contributed by atoms with Crippen molar-refractivity contribution in [2.75, 3.05) is 13.7 Å². The highest BCUT2D eigenvalue weighted by atomic mass is 16.7. The lowest BCUT2D eigenvalue weighted by Gasteiger charge is -2.39. The standard InChI is InChI=1S/C16H18O9/c1-22-9-4-7-2-3-12(18)23-8(7)5-10(9)24-16-15(21)14(20)13(19)11(6-17)25-16/h2-5,11,13-17,19-21H,6H2,1H3/t11-,13-,14+,15-,16+/m1/s1. The molecule has 5 atom stereocenters. The van der Waals surface area contributed by atoms with Gasteiger partial charge in [0.25, 0.3) is 0 Å². The molecule has 0 spiro atoms. The molecule has 2 aromatic rings. The summed E-state index contributed by atoms with van der Waals surface area (Å²) in [5, 5.41) is 39.5. The number of rotatable bonds is 4. The average Bonchev–Trinajstić information content (AvgIpc) is 2.61. The Morgan fingerprint density at radius 2 is 1.84 bits per heavy atom. The van der Waals surface area contributed by atoms with Crippen LogP contribution in [0.15, 0.2) is 33.5 Å². The van der Waals surface area contributed by atoms with E-state index in [-0.39, 0.29) is 17.1 Å². The number of hydrogen-bond acceptors (Lipinski definition) is 9. The fraction of sp³-hybridized carbons (Fsp3) is 0.438. The van der Waals surface area contributed by atoms with Crippen LogP contribution in [0.2, 0.25) is 0 Å². The molecule has 0 saturated carbocycles. The van der Waals surface area contributed by atoms with Crippen molar-refractivity contribution >= 4 is 11.0 Å². The Bertz CT molecular complexity index is 800. The molecule has 1 saturated heterocycles. The first kappa shape index (κ1) is 17.6. The molecule has 9 nitrogen and oxygen atoms in total. The SMILES string of the molecule is COc1cc2ccc(=O)oc2cc1O[C@H]1O[C@H](CO)[C@@H](O)[C@H](O)[C@H]1O. The van der Waals surface area contributed by atoms with Gasteiger partial charge < -0.3 is 39.1 Å². The lowest BCUT2D eigenvalue weighted by atomic mass is 9.99. The topological polar surface area (TPSA) is 139 Å². The zero-order chi connectivity index (χ0) is 18.1. The van der Waals surface area contributed by atoms with Crippen molar-refractivity contribution < 1.29 is 39.1 Å². The van der Waals surface area contributed by atoms with Crippen LogP contribution < -0.4 is 15.1 Å². The van der Waals surface area contributed by atoms with Gasteiger partial charge in [0.15, 0.2) is 11.5 Å². The predicted molar refractivity (Wildman–Crippen MR) is 83.4 cm³/mol. The maximum atomic E-state index is 11.4. The fourth-order valence-corrected chi connectivity index (χ4v) is 2.62. The Morgan fingerprint density at radius 3 is 2.52 bits per heavy atom. The van der Waals surface area contributed by atoms with Gasteiger partial charge in [-0.25, -0.2) is 4.79 Å². The van der Waals surface area contributed by atoms with Gasteiger partial charge in [-0.1, -0.05) is 0 Å². The zero-order valence-electron chi connectivity index (χ0n) is 13.2. The number of ether oxygens (including phenoxy) is 3. The monoisotopic (exact) mass is 354 g/mol. The Hall–Kier alpha value is -2.17. The maximum absolute atomic E-state index is 11.4. The van der Waals surface area contributed by atoms with Crippen molar-refractivity contribution in [3.05, 3.63) is 34.7 Å². The highest BCUT2D eigenvalue weighted by Crippen LogP contribution is 2.34. The Kier molecular flexibility index (Phi) is 4.93. The molecule has 0 amide bonds. The molecule has 2 heterocycles. The van der Waals surface area contributed by atoms with E-state index in [1.54, 1.807) is 12.1 Å². The lowest BCUT2D eigenvalue weighted by molar-refractivity contribution is -0.277. The van der Waals surface area contributed by atoms with E-state index in [0.717, 1.165) is 0 Å². The number of fused-ring (bicyclic) bond motifs is 1. The normalized spacial score (nSPS) is 29.6. The molecule has 1 aliphatic heterocycles. The molecule has 1 aromatic carbocycles. The second-order valence-electron chi connectivity index (χ2n) is 5.61. The minimum atomic E-state index is -1.57. The minimum Gasteiger partial charge on any atom is -0.493 e. The summed E-state index contributed by atoms with van der Waals surface area (Å²) in [7, 11) is 1.40. The Morgan fingerprint density at radius 1 is 1.08 bits per heavy atom. The molecular formula is C16H18O9. The van der Waals surface area contributed by atoms with Gasteiger partial charge in [-0.15, -0.1) is 0 Å². The molecule has 1 fully saturated rings. The van der Waals surface area contributed by atoms with Crippen molar-refractivity contribution in [1.29, 1.82) is 0 Å². The van der Waals surface area contributed by atoms with E-state index in [1.807, 2.05) is 0 Å². The maximum Gasteiger partial charge on any atom is 0.336 e. The molecule has 0 aliphatic carbocycles.